The molecule has 0 spiro atoms. The van der Waals surface area contributed by atoms with E-state index < -0.39 is 20.0 Å². The highest BCUT2D eigenvalue weighted by molar-refractivity contribution is 7.93. The lowest BCUT2D eigenvalue weighted by atomic mass is 9.87. The van der Waals surface area contributed by atoms with Gasteiger partial charge in [-0.25, -0.2) is 16.8 Å². The van der Waals surface area contributed by atoms with Gasteiger partial charge in [-0.3, -0.25) is 9.03 Å². The molecule has 3 aromatic rings. The van der Waals surface area contributed by atoms with Crippen LogP contribution >= 0.6 is 0 Å². The van der Waals surface area contributed by atoms with Crippen LogP contribution in [0.5, 0.6) is 0 Å². The van der Waals surface area contributed by atoms with Gasteiger partial charge >= 0.3 is 0 Å². The molecule has 0 bridgehead atoms. The van der Waals surface area contributed by atoms with Crippen LogP contribution in [0.3, 0.4) is 0 Å². The van der Waals surface area contributed by atoms with Gasteiger partial charge in [-0.2, -0.15) is 0 Å². The van der Waals surface area contributed by atoms with E-state index in [1.165, 1.54) is 31.3 Å². The molecule has 0 atom stereocenters. The number of hydrogen-bond donors (Lipinski definition) is 1. The molecule has 170 valence electrons. The summed E-state index contributed by atoms with van der Waals surface area (Å²) in [7, 11) is -6.33. The Kier molecular flexibility index (Phi) is 6.40. The van der Waals surface area contributed by atoms with Crippen LogP contribution in [0, 0.1) is 6.92 Å². The van der Waals surface area contributed by atoms with Crippen molar-refractivity contribution in [2.24, 2.45) is 0 Å². The first kappa shape index (κ1) is 23.8. The molecule has 0 heterocycles. The van der Waals surface area contributed by atoms with Crippen molar-refractivity contribution in [3.05, 3.63) is 83.9 Å². The Labute approximate surface area is 191 Å². The van der Waals surface area contributed by atoms with Gasteiger partial charge in [0.25, 0.3) is 20.0 Å². The van der Waals surface area contributed by atoms with Crippen LogP contribution in [-0.4, -0.2) is 23.9 Å². The number of para-hydroxylation sites is 1. The van der Waals surface area contributed by atoms with Crippen molar-refractivity contribution in [1.29, 1.82) is 0 Å². The maximum absolute atomic E-state index is 13.1. The van der Waals surface area contributed by atoms with Crippen molar-refractivity contribution in [3.8, 4) is 0 Å². The number of aryl methyl sites for hydroxylation is 1. The summed E-state index contributed by atoms with van der Waals surface area (Å²) >= 11 is 0. The molecule has 0 unspecified atom stereocenters. The average Bonchev–Trinajstić information content (AvgIpc) is 2.73. The zero-order valence-corrected chi connectivity index (χ0v) is 20.5. The maximum atomic E-state index is 13.1. The fourth-order valence-corrected chi connectivity index (χ4v) is 5.78. The van der Waals surface area contributed by atoms with E-state index in [9.17, 15) is 16.8 Å². The summed E-state index contributed by atoms with van der Waals surface area (Å²) < 4.78 is 56.1. The first-order valence-electron chi connectivity index (χ1n) is 10.1. The Morgan fingerprint density at radius 1 is 0.812 bits per heavy atom. The summed E-state index contributed by atoms with van der Waals surface area (Å²) in [6, 6.07) is 19.9. The molecule has 0 saturated carbocycles. The normalized spacial score (nSPS) is 12.4. The topological polar surface area (TPSA) is 83.5 Å². The largest absolute Gasteiger partial charge is 0.280 e. The molecule has 0 aromatic heterocycles. The molecule has 0 amide bonds. The Balaban J connectivity index is 1.96. The zero-order chi connectivity index (χ0) is 23.7. The molecule has 0 fully saturated rings. The first-order valence-corrected chi connectivity index (χ1v) is 13.0. The fraction of sp³-hybridized carbons (Fsp3) is 0.250. The Morgan fingerprint density at radius 3 is 2.09 bits per heavy atom. The molecular weight excluding hydrogens is 444 g/mol. The third-order valence-corrected chi connectivity index (χ3v) is 8.51. The first-order chi connectivity index (χ1) is 14.8. The minimum absolute atomic E-state index is 0.00998. The summed E-state index contributed by atoms with van der Waals surface area (Å²) in [6.07, 6.45) is 0. The summed E-state index contributed by atoms with van der Waals surface area (Å²) in [5, 5.41) is 0. The zero-order valence-electron chi connectivity index (χ0n) is 18.8. The van der Waals surface area contributed by atoms with Gasteiger partial charge in [-0.1, -0.05) is 57.2 Å². The van der Waals surface area contributed by atoms with Crippen molar-refractivity contribution in [1.82, 2.24) is 0 Å². The van der Waals surface area contributed by atoms with E-state index in [1.54, 1.807) is 49.4 Å². The van der Waals surface area contributed by atoms with Crippen molar-refractivity contribution in [2.45, 2.75) is 42.9 Å². The monoisotopic (exact) mass is 472 g/mol. The second kappa shape index (κ2) is 8.60. The summed E-state index contributed by atoms with van der Waals surface area (Å²) in [6.45, 7) is 7.77. The van der Waals surface area contributed by atoms with Crippen LogP contribution < -0.4 is 9.03 Å². The number of rotatable bonds is 6. The molecule has 0 saturated heterocycles. The molecule has 8 heteroatoms. The summed E-state index contributed by atoms with van der Waals surface area (Å²) in [4.78, 5) is 0.156. The molecule has 6 nitrogen and oxygen atoms in total. The van der Waals surface area contributed by atoms with Crippen LogP contribution in [0.1, 0.15) is 31.9 Å². The second-order valence-corrected chi connectivity index (χ2v) is 12.3. The van der Waals surface area contributed by atoms with Crippen LogP contribution in [0.2, 0.25) is 0 Å². The molecule has 3 aromatic carbocycles. The minimum atomic E-state index is -3.92. The van der Waals surface area contributed by atoms with E-state index in [4.69, 9.17) is 0 Å². The molecule has 0 aliphatic heterocycles. The SMILES string of the molecule is Cc1ccc(C(C)(C)C)cc1S(=O)(=O)Nc1cccc(S(=O)(=O)N(C)c2ccccc2)c1. The van der Waals surface area contributed by atoms with Crippen LogP contribution in [0.15, 0.2) is 82.6 Å². The lowest BCUT2D eigenvalue weighted by Crippen LogP contribution is -2.26. The van der Waals surface area contributed by atoms with E-state index in [1.807, 2.05) is 26.8 Å². The van der Waals surface area contributed by atoms with E-state index in [2.05, 4.69) is 4.72 Å². The summed E-state index contributed by atoms with van der Waals surface area (Å²) in [5.74, 6) is 0. The quantitative estimate of drug-likeness (QED) is 0.552. The second-order valence-electron chi connectivity index (χ2n) is 8.67. The highest BCUT2D eigenvalue weighted by Gasteiger charge is 2.24. The van der Waals surface area contributed by atoms with Crippen molar-refractivity contribution in [2.75, 3.05) is 16.1 Å². The van der Waals surface area contributed by atoms with Gasteiger partial charge in [-0.05, 0) is 59.9 Å². The number of anilines is 2. The lowest BCUT2D eigenvalue weighted by Gasteiger charge is -2.21. The standard InChI is InChI=1S/C24H28N2O4S2/c1-18-14-15-19(24(2,3)4)16-23(18)31(27,28)25-20-10-9-13-22(17-20)32(29,30)26(5)21-11-7-6-8-12-21/h6-17,25H,1-5H3. The maximum Gasteiger partial charge on any atom is 0.264 e. The summed E-state index contributed by atoms with van der Waals surface area (Å²) in [5.41, 5.74) is 1.97. The highest BCUT2D eigenvalue weighted by atomic mass is 32.2. The van der Waals surface area contributed by atoms with Crippen molar-refractivity contribution in [3.63, 3.8) is 0 Å². The third kappa shape index (κ3) is 4.97. The predicted octanol–water partition coefficient (Wildman–Crippen LogP) is 4.92. The number of sulfonamides is 2. The van der Waals surface area contributed by atoms with E-state index >= 15 is 0 Å². The Morgan fingerprint density at radius 2 is 1.47 bits per heavy atom. The fourth-order valence-electron chi connectivity index (χ4n) is 3.22. The molecular formula is C24H28N2O4S2. The Hall–Kier alpha value is -2.84. The molecule has 0 aliphatic carbocycles. The molecule has 0 aliphatic rings. The van der Waals surface area contributed by atoms with E-state index in [0.717, 1.165) is 9.87 Å². The van der Waals surface area contributed by atoms with Gasteiger partial charge in [0.2, 0.25) is 0 Å². The smallest absolute Gasteiger partial charge is 0.264 e. The van der Waals surface area contributed by atoms with Crippen molar-refractivity contribution >= 4 is 31.4 Å². The van der Waals surface area contributed by atoms with Gasteiger partial charge in [-0.15, -0.1) is 0 Å². The number of nitrogens with zero attached hydrogens (tertiary/aromatic N) is 1. The molecule has 0 radical (unpaired) electrons. The third-order valence-electron chi connectivity index (χ3n) is 5.21. The Bertz CT molecular complexity index is 1330. The predicted molar refractivity (Wildman–Crippen MR) is 129 cm³/mol. The van der Waals surface area contributed by atoms with Gasteiger partial charge in [0, 0.05) is 7.05 Å². The van der Waals surface area contributed by atoms with Gasteiger partial charge in [0.05, 0.1) is 21.2 Å². The lowest BCUT2D eigenvalue weighted by molar-refractivity contribution is 0.584. The van der Waals surface area contributed by atoms with Crippen LogP contribution in [-0.2, 0) is 25.5 Å². The van der Waals surface area contributed by atoms with Crippen molar-refractivity contribution < 1.29 is 16.8 Å². The van der Waals surface area contributed by atoms with Crippen LogP contribution in [0.25, 0.3) is 0 Å². The van der Waals surface area contributed by atoms with Crippen LogP contribution in [0.4, 0.5) is 11.4 Å². The molecule has 32 heavy (non-hydrogen) atoms. The van der Waals surface area contributed by atoms with E-state index in [-0.39, 0.29) is 20.9 Å². The van der Waals surface area contributed by atoms with Gasteiger partial charge in [0.1, 0.15) is 0 Å². The number of hydrogen-bond acceptors (Lipinski definition) is 4. The molecule has 3 rings (SSSR count). The number of nitrogens with one attached hydrogen (secondary N) is 1. The van der Waals surface area contributed by atoms with Gasteiger partial charge < -0.3 is 0 Å². The average molecular weight is 473 g/mol. The molecule has 1 N–H and O–H groups in total. The van der Waals surface area contributed by atoms with Gasteiger partial charge in [0.15, 0.2) is 0 Å². The van der Waals surface area contributed by atoms with E-state index in [0.29, 0.717) is 11.3 Å². The highest BCUT2D eigenvalue weighted by Crippen LogP contribution is 2.29. The minimum Gasteiger partial charge on any atom is -0.280 e. The number of benzene rings is 3.